The van der Waals surface area contributed by atoms with Gasteiger partial charge in [0.25, 0.3) is 0 Å². The van der Waals surface area contributed by atoms with Crippen molar-refractivity contribution in [2.75, 3.05) is 5.32 Å². The van der Waals surface area contributed by atoms with Crippen LogP contribution in [0.3, 0.4) is 0 Å². The number of anilines is 1. The fourth-order valence-corrected chi connectivity index (χ4v) is 3.40. The Kier molecular flexibility index (Phi) is 5.41. The molecule has 0 aliphatic carbocycles. The van der Waals surface area contributed by atoms with Gasteiger partial charge in [0, 0.05) is 29.7 Å². The minimum absolute atomic E-state index is 0.0383. The van der Waals surface area contributed by atoms with E-state index in [1.54, 1.807) is 0 Å². The average Bonchev–Trinajstić information content (AvgIpc) is 2.93. The lowest BCUT2D eigenvalue weighted by molar-refractivity contribution is -0.142. The predicted molar refractivity (Wildman–Crippen MR) is 92.5 cm³/mol. The molecule has 0 aliphatic rings. The quantitative estimate of drug-likeness (QED) is 0.576. The van der Waals surface area contributed by atoms with E-state index in [0.29, 0.717) is 10.6 Å². The highest BCUT2D eigenvalue weighted by atomic mass is 32.2. The molecule has 0 unspecified atom stereocenters. The standard InChI is InChI=1S/C18H14F5N3S/c1-26-17(27-14-8-4-12(20)5-9-14)15(16(25-26)18(21,22)23)10-24-13-6-2-11(19)3-7-13/h2-9,24H,10H2,1H3. The molecule has 142 valence electrons. The molecule has 0 saturated carbocycles. The van der Waals surface area contributed by atoms with Gasteiger partial charge in [0.2, 0.25) is 0 Å². The smallest absolute Gasteiger partial charge is 0.381 e. The molecule has 2 aromatic carbocycles. The summed E-state index contributed by atoms with van der Waals surface area (Å²) in [4.78, 5) is 0.580. The van der Waals surface area contributed by atoms with E-state index in [1.165, 1.54) is 55.6 Å². The molecule has 1 N–H and O–H groups in total. The summed E-state index contributed by atoms with van der Waals surface area (Å²) in [5.41, 5.74) is -0.556. The van der Waals surface area contributed by atoms with Crippen LogP contribution in [-0.4, -0.2) is 9.78 Å². The second kappa shape index (κ2) is 7.59. The molecule has 27 heavy (non-hydrogen) atoms. The number of benzene rings is 2. The maximum atomic E-state index is 13.4. The molecule has 1 heterocycles. The van der Waals surface area contributed by atoms with E-state index in [2.05, 4.69) is 10.4 Å². The molecule has 0 saturated heterocycles. The zero-order valence-electron chi connectivity index (χ0n) is 14.0. The molecular weight excluding hydrogens is 385 g/mol. The van der Waals surface area contributed by atoms with Crippen molar-refractivity contribution in [3.05, 3.63) is 71.4 Å². The topological polar surface area (TPSA) is 29.9 Å². The Morgan fingerprint density at radius 2 is 1.52 bits per heavy atom. The summed E-state index contributed by atoms with van der Waals surface area (Å²) in [6, 6.07) is 10.7. The van der Waals surface area contributed by atoms with Crippen LogP contribution in [0.25, 0.3) is 0 Å². The Morgan fingerprint density at radius 1 is 0.963 bits per heavy atom. The first kappa shape index (κ1) is 19.2. The first-order chi connectivity index (χ1) is 12.7. The van der Waals surface area contributed by atoms with Crippen LogP contribution in [-0.2, 0) is 19.8 Å². The fraction of sp³-hybridized carbons (Fsp3) is 0.167. The van der Waals surface area contributed by atoms with Gasteiger partial charge in [0.1, 0.15) is 16.7 Å². The number of halogens is 5. The summed E-state index contributed by atoms with van der Waals surface area (Å²) >= 11 is 1.06. The molecular formula is C18H14F5N3S. The third kappa shape index (κ3) is 4.60. The predicted octanol–water partition coefficient (Wildman–Crippen LogP) is 5.48. The van der Waals surface area contributed by atoms with Crippen molar-refractivity contribution in [3.8, 4) is 0 Å². The highest BCUT2D eigenvalue weighted by Crippen LogP contribution is 2.38. The Balaban J connectivity index is 1.93. The number of hydrogen-bond donors (Lipinski definition) is 1. The van der Waals surface area contributed by atoms with Gasteiger partial charge in [0.15, 0.2) is 5.69 Å². The van der Waals surface area contributed by atoms with Gasteiger partial charge in [-0.15, -0.1) is 0 Å². The van der Waals surface area contributed by atoms with Crippen LogP contribution in [0.5, 0.6) is 0 Å². The van der Waals surface area contributed by atoms with Crippen molar-refractivity contribution in [2.24, 2.45) is 7.05 Å². The normalized spacial score (nSPS) is 11.6. The molecule has 0 radical (unpaired) electrons. The van der Waals surface area contributed by atoms with Crippen LogP contribution in [0.15, 0.2) is 58.5 Å². The maximum absolute atomic E-state index is 13.4. The van der Waals surface area contributed by atoms with E-state index in [-0.39, 0.29) is 17.1 Å². The molecule has 3 rings (SSSR count). The minimum Gasteiger partial charge on any atom is -0.381 e. The molecule has 9 heteroatoms. The fourth-order valence-electron chi connectivity index (χ4n) is 2.44. The molecule has 3 nitrogen and oxygen atoms in total. The molecule has 0 spiro atoms. The van der Waals surface area contributed by atoms with Gasteiger partial charge in [-0.05, 0) is 48.5 Å². The van der Waals surface area contributed by atoms with Crippen LogP contribution in [0.4, 0.5) is 27.6 Å². The summed E-state index contributed by atoms with van der Waals surface area (Å²) in [5, 5.41) is 6.76. The molecule has 1 aromatic heterocycles. The second-order valence-corrected chi connectivity index (χ2v) is 6.73. The van der Waals surface area contributed by atoms with Crippen LogP contribution in [0, 0.1) is 11.6 Å². The third-order valence-corrected chi connectivity index (χ3v) is 4.91. The Bertz CT molecular complexity index is 918. The first-order valence-electron chi connectivity index (χ1n) is 7.80. The van der Waals surface area contributed by atoms with Crippen molar-refractivity contribution in [1.82, 2.24) is 9.78 Å². The van der Waals surface area contributed by atoms with Gasteiger partial charge < -0.3 is 5.32 Å². The zero-order chi connectivity index (χ0) is 19.6. The van der Waals surface area contributed by atoms with E-state index >= 15 is 0 Å². The van der Waals surface area contributed by atoms with Crippen molar-refractivity contribution in [2.45, 2.75) is 22.6 Å². The van der Waals surface area contributed by atoms with Crippen LogP contribution in [0.1, 0.15) is 11.3 Å². The SMILES string of the molecule is Cn1nc(C(F)(F)F)c(CNc2ccc(F)cc2)c1Sc1ccc(F)cc1. The Labute approximate surface area is 156 Å². The number of aryl methyl sites for hydroxylation is 1. The number of hydrogen-bond acceptors (Lipinski definition) is 3. The number of rotatable bonds is 5. The molecule has 0 fully saturated rings. The van der Waals surface area contributed by atoms with Crippen LogP contribution >= 0.6 is 11.8 Å². The summed E-state index contributed by atoms with van der Waals surface area (Å²) in [7, 11) is 1.42. The van der Waals surface area contributed by atoms with Crippen molar-refractivity contribution in [3.63, 3.8) is 0 Å². The van der Waals surface area contributed by atoms with E-state index in [1.807, 2.05) is 0 Å². The monoisotopic (exact) mass is 399 g/mol. The molecule has 0 aliphatic heterocycles. The number of aromatic nitrogens is 2. The zero-order valence-corrected chi connectivity index (χ0v) is 14.8. The number of nitrogens with zero attached hydrogens (tertiary/aromatic N) is 2. The van der Waals surface area contributed by atoms with Crippen molar-refractivity contribution in [1.29, 1.82) is 0 Å². The third-order valence-electron chi connectivity index (χ3n) is 3.70. The molecule has 0 amide bonds. The number of nitrogens with one attached hydrogen (secondary N) is 1. The van der Waals surface area contributed by atoms with E-state index in [0.717, 1.165) is 16.4 Å². The Hall–Kier alpha value is -2.55. The minimum atomic E-state index is -4.63. The summed E-state index contributed by atoms with van der Waals surface area (Å²) in [6.07, 6.45) is -4.63. The number of alkyl halides is 3. The second-order valence-electron chi connectivity index (χ2n) is 5.67. The van der Waals surface area contributed by atoms with Gasteiger partial charge in [0.05, 0.1) is 0 Å². The van der Waals surface area contributed by atoms with Gasteiger partial charge in [-0.1, -0.05) is 11.8 Å². The lowest BCUT2D eigenvalue weighted by atomic mass is 10.2. The lowest BCUT2D eigenvalue weighted by Gasteiger charge is -2.11. The van der Waals surface area contributed by atoms with Gasteiger partial charge >= 0.3 is 6.18 Å². The highest BCUT2D eigenvalue weighted by molar-refractivity contribution is 7.99. The van der Waals surface area contributed by atoms with E-state index < -0.39 is 23.5 Å². The van der Waals surface area contributed by atoms with Crippen LogP contribution in [0.2, 0.25) is 0 Å². The largest absolute Gasteiger partial charge is 0.435 e. The van der Waals surface area contributed by atoms with Gasteiger partial charge in [-0.25, -0.2) is 8.78 Å². The maximum Gasteiger partial charge on any atom is 0.435 e. The lowest BCUT2D eigenvalue weighted by Crippen LogP contribution is -2.11. The van der Waals surface area contributed by atoms with Crippen molar-refractivity contribution >= 4 is 17.4 Å². The van der Waals surface area contributed by atoms with E-state index in [4.69, 9.17) is 0 Å². The van der Waals surface area contributed by atoms with Gasteiger partial charge in [-0.3, -0.25) is 4.68 Å². The van der Waals surface area contributed by atoms with Crippen LogP contribution < -0.4 is 5.32 Å². The molecule has 0 bridgehead atoms. The molecule has 0 atom stereocenters. The van der Waals surface area contributed by atoms with Gasteiger partial charge in [-0.2, -0.15) is 18.3 Å². The van der Waals surface area contributed by atoms with Crippen molar-refractivity contribution < 1.29 is 22.0 Å². The molecule has 3 aromatic rings. The first-order valence-corrected chi connectivity index (χ1v) is 8.61. The summed E-state index contributed by atoms with van der Waals surface area (Å²) in [5.74, 6) is -0.871. The summed E-state index contributed by atoms with van der Waals surface area (Å²) in [6.45, 7) is -0.155. The average molecular weight is 399 g/mol. The Morgan fingerprint density at radius 3 is 2.07 bits per heavy atom. The highest BCUT2D eigenvalue weighted by Gasteiger charge is 2.38. The van der Waals surface area contributed by atoms with E-state index in [9.17, 15) is 22.0 Å². The summed E-state index contributed by atoms with van der Waals surface area (Å²) < 4.78 is 67.4.